The number of rotatable bonds is 7. The number of ether oxygens (including phenoxy) is 2. The van der Waals surface area contributed by atoms with E-state index in [0.717, 1.165) is 48.6 Å². The van der Waals surface area contributed by atoms with Crippen molar-refractivity contribution in [3.63, 3.8) is 0 Å². The van der Waals surface area contributed by atoms with E-state index in [-0.39, 0.29) is 12.2 Å². The first kappa shape index (κ1) is 20.0. The lowest BCUT2D eigenvalue weighted by molar-refractivity contribution is 0.132. The van der Waals surface area contributed by atoms with Crippen LogP contribution >= 0.6 is 0 Å². The van der Waals surface area contributed by atoms with E-state index in [4.69, 9.17) is 9.47 Å². The van der Waals surface area contributed by atoms with Crippen LogP contribution in [0.2, 0.25) is 0 Å². The maximum atomic E-state index is 12.1. The van der Waals surface area contributed by atoms with Crippen LogP contribution in [0, 0.1) is 0 Å². The maximum Gasteiger partial charge on any atom is 0.415 e. The van der Waals surface area contributed by atoms with Crippen LogP contribution in [0.3, 0.4) is 0 Å². The summed E-state index contributed by atoms with van der Waals surface area (Å²) >= 11 is 0. The fourth-order valence-electron chi connectivity index (χ4n) is 3.47. The van der Waals surface area contributed by atoms with Crippen molar-refractivity contribution in [1.82, 2.24) is 20.2 Å². The Morgan fingerprint density at radius 3 is 3.07 bits per heavy atom. The summed E-state index contributed by atoms with van der Waals surface area (Å²) in [6, 6.07) is 9.61. The van der Waals surface area contributed by atoms with Crippen molar-refractivity contribution in [2.75, 3.05) is 20.2 Å². The molecule has 30 heavy (non-hydrogen) atoms. The van der Waals surface area contributed by atoms with Crippen LogP contribution in [0.15, 0.2) is 53.8 Å². The first-order valence-electron chi connectivity index (χ1n) is 10.1. The highest BCUT2D eigenvalue weighted by Gasteiger charge is 2.33. The molecule has 8 heteroatoms. The lowest BCUT2D eigenvalue weighted by Gasteiger charge is -2.16. The quantitative estimate of drug-likeness (QED) is 0.710. The monoisotopic (exact) mass is 407 g/mol. The summed E-state index contributed by atoms with van der Waals surface area (Å²) in [5, 5.41) is 3.41. The second kappa shape index (κ2) is 9.49. The van der Waals surface area contributed by atoms with Crippen molar-refractivity contribution in [2.45, 2.75) is 31.9 Å². The average molecular weight is 407 g/mol. The van der Waals surface area contributed by atoms with Crippen LogP contribution in [-0.4, -0.2) is 53.1 Å². The molecule has 2 aliphatic rings. The minimum Gasteiger partial charge on any atom is -0.481 e. The minimum atomic E-state index is -0.293. The first-order valence-corrected chi connectivity index (χ1v) is 10.1. The van der Waals surface area contributed by atoms with Crippen LogP contribution in [-0.2, 0) is 11.3 Å². The SMILES string of the molecule is COc1cccc(-c2cc(CNCC[C@H]3CN(C4=NC=CCC4)C(=O)O3)ccn2)n1. The molecule has 2 aromatic rings. The van der Waals surface area contributed by atoms with Gasteiger partial charge in [0.15, 0.2) is 0 Å². The number of nitrogens with one attached hydrogen (secondary N) is 1. The van der Waals surface area contributed by atoms with E-state index < -0.39 is 0 Å². The molecule has 0 bridgehead atoms. The molecule has 2 aliphatic heterocycles. The molecule has 1 N–H and O–H groups in total. The van der Waals surface area contributed by atoms with Crippen LogP contribution in [0.4, 0.5) is 4.79 Å². The summed E-state index contributed by atoms with van der Waals surface area (Å²) in [6.07, 6.45) is 7.57. The van der Waals surface area contributed by atoms with Gasteiger partial charge >= 0.3 is 6.09 Å². The first-order chi connectivity index (χ1) is 14.7. The summed E-state index contributed by atoms with van der Waals surface area (Å²) in [7, 11) is 1.60. The molecule has 1 atom stereocenters. The fourth-order valence-corrected chi connectivity index (χ4v) is 3.47. The largest absolute Gasteiger partial charge is 0.481 e. The van der Waals surface area contributed by atoms with E-state index in [2.05, 4.69) is 20.3 Å². The zero-order chi connectivity index (χ0) is 20.8. The fraction of sp³-hybridized carbons (Fsp3) is 0.364. The number of nitrogens with zero attached hydrogens (tertiary/aromatic N) is 4. The normalized spacial score (nSPS) is 18.3. The Labute approximate surface area is 175 Å². The Kier molecular flexibility index (Phi) is 6.34. The highest BCUT2D eigenvalue weighted by atomic mass is 16.6. The molecular formula is C22H25N5O3. The van der Waals surface area contributed by atoms with E-state index >= 15 is 0 Å². The predicted octanol–water partition coefficient (Wildman–Crippen LogP) is 3.16. The minimum absolute atomic E-state index is 0.118. The topological polar surface area (TPSA) is 88.9 Å². The number of cyclic esters (lactones) is 1. The van der Waals surface area contributed by atoms with Gasteiger partial charge in [-0.15, -0.1) is 0 Å². The van der Waals surface area contributed by atoms with Gasteiger partial charge in [-0.2, -0.15) is 0 Å². The molecule has 0 saturated carbocycles. The zero-order valence-electron chi connectivity index (χ0n) is 17.0. The van der Waals surface area contributed by atoms with Crippen molar-refractivity contribution in [3.05, 3.63) is 54.4 Å². The molecule has 4 rings (SSSR count). The molecule has 1 fully saturated rings. The Hall–Kier alpha value is -3.26. The summed E-state index contributed by atoms with van der Waals surface area (Å²) in [4.78, 5) is 26.9. The van der Waals surface area contributed by atoms with Crippen molar-refractivity contribution in [3.8, 4) is 17.3 Å². The lowest BCUT2D eigenvalue weighted by Crippen LogP contribution is -2.33. The van der Waals surface area contributed by atoms with Crippen LogP contribution in [0.5, 0.6) is 5.88 Å². The molecule has 0 aliphatic carbocycles. The van der Waals surface area contributed by atoms with Gasteiger partial charge in [-0.25, -0.2) is 14.8 Å². The van der Waals surface area contributed by atoms with Gasteiger partial charge < -0.3 is 14.8 Å². The number of amidine groups is 1. The number of hydrogen-bond donors (Lipinski definition) is 1. The Morgan fingerprint density at radius 2 is 2.23 bits per heavy atom. The average Bonchev–Trinajstić information content (AvgIpc) is 3.18. The van der Waals surface area contributed by atoms with Gasteiger partial charge in [-0.05, 0) is 43.1 Å². The molecule has 4 heterocycles. The number of allylic oxidation sites excluding steroid dienone is 1. The van der Waals surface area contributed by atoms with Crippen LogP contribution in [0.1, 0.15) is 24.8 Å². The molecule has 8 nitrogen and oxygen atoms in total. The van der Waals surface area contributed by atoms with Gasteiger partial charge in [-0.1, -0.05) is 12.1 Å². The van der Waals surface area contributed by atoms with Crippen molar-refractivity contribution < 1.29 is 14.3 Å². The van der Waals surface area contributed by atoms with Crippen molar-refractivity contribution in [1.29, 1.82) is 0 Å². The van der Waals surface area contributed by atoms with E-state index in [0.29, 0.717) is 19.0 Å². The molecule has 0 aromatic carbocycles. The Balaban J connectivity index is 1.26. The molecule has 2 aromatic heterocycles. The smallest absolute Gasteiger partial charge is 0.415 e. The van der Waals surface area contributed by atoms with Gasteiger partial charge in [-0.3, -0.25) is 9.88 Å². The number of pyridine rings is 2. The highest BCUT2D eigenvalue weighted by Crippen LogP contribution is 2.20. The summed E-state index contributed by atoms with van der Waals surface area (Å²) in [5.74, 6) is 1.36. The molecule has 1 amide bonds. The molecule has 156 valence electrons. The Morgan fingerprint density at radius 1 is 1.30 bits per heavy atom. The zero-order valence-corrected chi connectivity index (χ0v) is 17.0. The maximum absolute atomic E-state index is 12.1. The number of methoxy groups -OCH3 is 1. The predicted molar refractivity (Wildman–Crippen MR) is 113 cm³/mol. The van der Waals surface area contributed by atoms with Gasteiger partial charge in [0.05, 0.1) is 25.0 Å². The standard InChI is InChI=1S/C22H25N5O3/c1-29-21-7-4-5-18(26-21)19-13-16(8-12-24-19)14-23-11-9-17-15-27(22(28)30-17)20-6-2-3-10-25-20/h3-5,7-8,10,12-13,17,23H,2,6,9,11,14-15H2,1H3/t17-/m0/s1. The number of hydrogen-bond acceptors (Lipinski definition) is 7. The van der Waals surface area contributed by atoms with E-state index in [1.165, 1.54) is 0 Å². The summed E-state index contributed by atoms with van der Waals surface area (Å²) in [6.45, 7) is 2.00. The number of aromatic nitrogens is 2. The third-order valence-electron chi connectivity index (χ3n) is 5.04. The number of carbonyl (C=O) groups is 1. The van der Waals surface area contributed by atoms with Crippen LogP contribution < -0.4 is 10.1 Å². The van der Waals surface area contributed by atoms with Crippen LogP contribution in [0.25, 0.3) is 11.4 Å². The van der Waals surface area contributed by atoms with Crippen molar-refractivity contribution in [2.24, 2.45) is 4.99 Å². The summed E-state index contributed by atoms with van der Waals surface area (Å²) in [5.41, 5.74) is 2.68. The number of carbonyl (C=O) groups excluding carboxylic acids is 1. The number of aliphatic imine (C=N–C) groups is 1. The molecule has 0 spiro atoms. The number of amides is 1. The second-order valence-corrected chi connectivity index (χ2v) is 7.17. The van der Waals surface area contributed by atoms with E-state index in [1.807, 2.05) is 36.4 Å². The lowest BCUT2D eigenvalue weighted by atomic mass is 10.1. The molecule has 0 unspecified atom stereocenters. The second-order valence-electron chi connectivity index (χ2n) is 7.17. The summed E-state index contributed by atoms with van der Waals surface area (Å²) < 4.78 is 10.7. The third kappa shape index (κ3) is 4.83. The van der Waals surface area contributed by atoms with Gasteiger partial charge in [0.2, 0.25) is 5.88 Å². The highest BCUT2D eigenvalue weighted by molar-refractivity contribution is 5.97. The van der Waals surface area contributed by atoms with E-state index in [1.54, 1.807) is 24.4 Å². The van der Waals surface area contributed by atoms with Gasteiger partial charge in [0.25, 0.3) is 0 Å². The molecule has 0 radical (unpaired) electrons. The Bertz CT molecular complexity index is 959. The van der Waals surface area contributed by atoms with Crippen molar-refractivity contribution >= 4 is 11.9 Å². The molecular weight excluding hydrogens is 382 g/mol. The van der Waals surface area contributed by atoms with Gasteiger partial charge in [0, 0.05) is 31.4 Å². The third-order valence-corrected chi connectivity index (χ3v) is 5.04. The molecule has 1 saturated heterocycles. The van der Waals surface area contributed by atoms with E-state index in [9.17, 15) is 4.79 Å². The van der Waals surface area contributed by atoms with Gasteiger partial charge in [0.1, 0.15) is 11.9 Å².